The molecule has 2 aliphatic rings. The van der Waals surface area contributed by atoms with Crippen LogP contribution < -0.4 is 15.8 Å². The molecule has 1 fully saturated rings. The second-order valence-corrected chi connectivity index (χ2v) is 10.3. The summed E-state index contributed by atoms with van der Waals surface area (Å²) < 4.78 is 1.49. The molecule has 0 radical (unpaired) electrons. The first-order chi connectivity index (χ1) is 17.5. The SMILES string of the molecule is Cn1cc(-c2cccc(C(=O)N3CCc4cc(C(=O)NC5CC5)sc4-c4ccccc43)n2)ccc1=O. The summed E-state index contributed by atoms with van der Waals surface area (Å²) in [5.41, 5.74) is 4.47. The van der Waals surface area contributed by atoms with Gasteiger partial charge in [-0.1, -0.05) is 24.3 Å². The fraction of sp³-hybridized carbons (Fsp3) is 0.214. The van der Waals surface area contributed by atoms with Crippen LogP contribution in [0.5, 0.6) is 0 Å². The monoisotopic (exact) mass is 496 g/mol. The zero-order valence-electron chi connectivity index (χ0n) is 19.7. The maximum atomic E-state index is 13.7. The van der Waals surface area contributed by atoms with Crippen LogP contribution >= 0.6 is 11.3 Å². The summed E-state index contributed by atoms with van der Waals surface area (Å²) in [6, 6.07) is 18.7. The summed E-state index contributed by atoms with van der Waals surface area (Å²) in [6.45, 7) is 0.481. The highest BCUT2D eigenvalue weighted by molar-refractivity contribution is 7.17. The first-order valence-electron chi connectivity index (χ1n) is 12.0. The van der Waals surface area contributed by atoms with Crippen molar-refractivity contribution in [3.63, 3.8) is 0 Å². The second kappa shape index (κ2) is 8.87. The van der Waals surface area contributed by atoms with Gasteiger partial charge in [0.05, 0.1) is 16.3 Å². The van der Waals surface area contributed by atoms with Gasteiger partial charge in [-0.25, -0.2) is 4.98 Å². The molecule has 1 aliphatic carbocycles. The molecule has 8 heteroatoms. The first-order valence-corrected chi connectivity index (χ1v) is 12.8. The van der Waals surface area contributed by atoms with Gasteiger partial charge in [-0.2, -0.15) is 0 Å². The Kier molecular flexibility index (Phi) is 5.53. The lowest BCUT2D eigenvalue weighted by molar-refractivity contribution is 0.0952. The van der Waals surface area contributed by atoms with Crippen molar-refractivity contribution in [3.05, 3.63) is 93.3 Å². The minimum absolute atomic E-state index is 0.0135. The molecule has 1 aromatic carbocycles. The number of aryl methyl sites for hydroxylation is 1. The van der Waals surface area contributed by atoms with E-state index in [9.17, 15) is 14.4 Å². The largest absolute Gasteiger partial charge is 0.349 e. The Labute approximate surface area is 212 Å². The van der Waals surface area contributed by atoms with E-state index in [-0.39, 0.29) is 17.4 Å². The lowest BCUT2D eigenvalue weighted by Gasteiger charge is -2.23. The summed E-state index contributed by atoms with van der Waals surface area (Å²) >= 11 is 1.49. The van der Waals surface area contributed by atoms with Crippen molar-refractivity contribution < 1.29 is 9.59 Å². The average molecular weight is 497 g/mol. The Morgan fingerprint density at radius 1 is 1.06 bits per heavy atom. The number of rotatable bonds is 4. The Hall–Kier alpha value is -4.04. The first kappa shape index (κ1) is 22.4. The number of amides is 2. The smallest absolute Gasteiger partial charge is 0.276 e. The fourth-order valence-electron chi connectivity index (χ4n) is 4.50. The molecule has 0 saturated heterocycles. The zero-order valence-corrected chi connectivity index (χ0v) is 20.5. The van der Waals surface area contributed by atoms with E-state index < -0.39 is 0 Å². The van der Waals surface area contributed by atoms with Gasteiger partial charge in [-0.3, -0.25) is 14.4 Å². The number of thiophene rings is 1. The van der Waals surface area contributed by atoms with Gasteiger partial charge in [0.2, 0.25) is 5.56 Å². The van der Waals surface area contributed by atoms with Crippen LogP contribution in [0.1, 0.15) is 38.6 Å². The number of nitrogens with one attached hydrogen (secondary N) is 1. The lowest BCUT2D eigenvalue weighted by atomic mass is 10.1. The van der Waals surface area contributed by atoms with Gasteiger partial charge in [0.25, 0.3) is 11.8 Å². The van der Waals surface area contributed by atoms with Crippen LogP contribution in [-0.4, -0.2) is 34.0 Å². The molecule has 4 heterocycles. The van der Waals surface area contributed by atoms with E-state index in [1.54, 1.807) is 30.3 Å². The highest BCUT2D eigenvalue weighted by Gasteiger charge is 2.29. The van der Waals surface area contributed by atoms with Crippen molar-refractivity contribution >= 4 is 28.8 Å². The van der Waals surface area contributed by atoms with Crippen LogP contribution in [-0.2, 0) is 13.5 Å². The summed E-state index contributed by atoms with van der Waals surface area (Å²) in [5.74, 6) is -0.198. The van der Waals surface area contributed by atoms with Gasteiger partial charge in [0, 0.05) is 47.9 Å². The number of benzene rings is 1. The van der Waals surface area contributed by atoms with Gasteiger partial charge in [-0.15, -0.1) is 11.3 Å². The van der Waals surface area contributed by atoms with Crippen molar-refractivity contribution in [2.24, 2.45) is 7.05 Å². The standard InChI is InChI=1S/C28H24N4O3S/c1-31-16-18(9-12-25(31)33)21-6-4-7-22(30-21)28(35)32-14-13-17-15-24(27(34)29-19-10-11-19)36-26(17)20-5-2-3-8-23(20)32/h2-9,12,15-16,19H,10-11,13-14H2,1H3,(H,29,34). The van der Waals surface area contributed by atoms with E-state index in [0.717, 1.165) is 40.1 Å². The van der Waals surface area contributed by atoms with Gasteiger partial charge < -0.3 is 14.8 Å². The van der Waals surface area contributed by atoms with Crippen LogP contribution in [0.25, 0.3) is 21.7 Å². The molecule has 0 unspecified atom stereocenters. The summed E-state index contributed by atoms with van der Waals surface area (Å²) in [6.07, 6.45) is 4.46. The van der Waals surface area contributed by atoms with Gasteiger partial charge >= 0.3 is 0 Å². The van der Waals surface area contributed by atoms with Crippen LogP contribution in [0, 0.1) is 0 Å². The molecular weight excluding hydrogens is 472 g/mol. The van der Waals surface area contributed by atoms with E-state index >= 15 is 0 Å². The number of hydrogen-bond donors (Lipinski definition) is 1. The Morgan fingerprint density at radius 3 is 2.69 bits per heavy atom. The van der Waals surface area contributed by atoms with Crippen LogP contribution in [0.4, 0.5) is 5.69 Å². The Balaban J connectivity index is 1.34. The Bertz CT molecular complexity index is 1570. The minimum atomic E-state index is -0.184. The molecule has 2 amide bonds. The molecular formula is C28H24N4O3S. The number of anilines is 1. The van der Waals surface area contributed by atoms with Crippen LogP contribution in [0.15, 0.2) is 71.7 Å². The third-order valence-electron chi connectivity index (χ3n) is 6.58. The molecule has 0 bridgehead atoms. The van der Waals surface area contributed by atoms with E-state index in [1.165, 1.54) is 22.0 Å². The van der Waals surface area contributed by atoms with E-state index in [1.807, 2.05) is 42.5 Å². The van der Waals surface area contributed by atoms with Gasteiger partial charge in [0.15, 0.2) is 0 Å². The van der Waals surface area contributed by atoms with Crippen molar-refractivity contribution in [2.45, 2.75) is 25.3 Å². The molecule has 1 N–H and O–H groups in total. The van der Waals surface area contributed by atoms with Crippen molar-refractivity contribution in [2.75, 3.05) is 11.4 Å². The van der Waals surface area contributed by atoms with E-state index in [2.05, 4.69) is 10.3 Å². The molecule has 180 valence electrons. The molecule has 4 aromatic rings. The maximum absolute atomic E-state index is 13.7. The lowest BCUT2D eigenvalue weighted by Crippen LogP contribution is -2.33. The van der Waals surface area contributed by atoms with Gasteiger partial charge in [-0.05, 0) is 55.2 Å². The molecule has 0 atom stereocenters. The normalized spacial score (nSPS) is 14.5. The van der Waals surface area contributed by atoms with E-state index in [0.29, 0.717) is 35.3 Å². The maximum Gasteiger partial charge on any atom is 0.276 e. The number of hydrogen-bond acceptors (Lipinski definition) is 5. The predicted molar refractivity (Wildman–Crippen MR) is 141 cm³/mol. The number of nitrogens with zero attached hydrogens (tertiary/aromatic N) is 3. The van der Waals surface area contributed by atoms with Crippen molar-refractivity contribution in [1.29, 1.82) is 0 Å². The highest BCUT2D eigenvalue weighted by atomic mass is 32.1. The summed E-state index contributed by atoms with van der Waals surface area (Å²) in [4.78, 5) is 46.4. The third-order valence-corrected chi connectivity index (χ3v) is 7.79. The summed E-state index contributed by atoms with van der Waals surface area (Å²) in [5, 5.41) is 3.07. The highest BCUT2D eigenvalue weighted by Crippen LogP contribution is 2.42. The number of carbonyl (C=O) groups is 2. The average Bonchev–Trinajstić information content (AvgIpc) is 3.64. The third kappa shape index (κ3) is 4.13. The summed E-state index contributed by atoms with van der Waals surface area (Å²) in [7, 11) is 1.69. The minimum Gasteiger partial charge on any atom is -0.349 e. The molecule has 36 heavy (non-hydrogen) atoms. The zero-order chi connectivity index (χ0) is 24.8. The van der Waals surface area contributed by atoms with E-state index in [4.69, 9.17) is 0 Å². The number of carbonyl (C=O) groups excluding carboxylic acids is 2. The van der Waals surface area contributed by atoms with Crippen molar-refractivity contribution in [3.8, 4) is 21.7 Å². The topological polar surface area (TPSA) is 84.3 Å². The number of aromatic nitrogens is 2. The predicted octanol–water partition coefficient (Wildman–Crippen LogP) is 4.27. The quantitative estimate of drug-likeness (QED) is 0.457. The van der Waals surface area contributed by atoms with Crippen LogP contribution in [0.2, 0.25) is 0 Å². The molecule has 3 aromatic heterocycles. The molecule has 7 nitrogen and oxygen atoms in total. The molecule has 6 rings (SSSR count). The van der Waals surface area contributed by atoms with Crippen molar-refractivity contribution in [1.82, 2.24) is 14.9 Å². The molecule has 1 aliphatic heterocycles. The second-order valence-electron chi connectivity index (χ2n) is 9.21. The van der Waals surface area contributed by atoms with Crippen LogP contribution in [0.3, 0.4) is 0 Å². The number of fused-ring (bicyclic) bond motifs is 3. The number of para-hydroxylation sites is 1. The van der Waals surface area contributed by atoms with Gasteiger partial charge in [0.1, 0.15) is 5.69 Å². The molecule has 1 saturated carbocycles. The molecule has 0 spiro atoms. The number of pyridine rings is 2. The fourth-order valence-corrected chi connectivity index (χ4v) is 5.65. The Morgan fingerprint density at radius 2 is 1.89 bits per heavy atom.